The van der Waals surface area contributed by atoms with E-state index in [2.05, 4.69) is 0 Å². The molecule has 2 aliphatic rings. The summed E-state index contributed by atoms with van der Waals surface area (Å²) in [5.41, 5.74) is 0.870. The second kappa shape index (κ2) is 5.29. The molecular formula is C15H16N2O4. The normalized spacial score (nSPS) is 21.4. The van der Waals surface area contributed by atoms with Crippen LogP contribution in [0.3, 0.4) is 0 Å². The Morgan fingerprint density at radius 1 is 1.10 bits per heavy atom. The number of likely N-dealkylation sites (tertiary alicyclic amines) is 1. The first kappa shape index (κ1) is 13.8. The Kier molecular flexibility index (Phi) is 3.47. The van der Waals surface area contributed by atoms with Crippen LogP contribution in [0.4, 0.5) is 0 Å². The zero-order chi connectivity index (χ0) is 15.0. The highest BCUT2D eigenvalue weighted by molar-refractivity contribution is 6.21. The lowest BCUT2D eigenvalue weighted by Gasteiger charge is -2.20. The standard InChI is InChI=1S/C15H16N2O4/c1-21-12-6-7-16(15(12)20)8-9-17-13(18)10-4-2-3-5-11(10)14(17)19/h2-5,12H,6-9H2,1H3. The van der Waals surface area contributed by atoms with Crippen molar-refractivity contribution in [2.45, 2.75) is 12.5 Å². The largest absolute Gasteiger partial charge is 0.372 e. The van der Waals surface area contributed by atoms with Crippen molar-refractivity contribution in [2.24, 2.45) is 0 Å². The zero-order valence-electron chi connectivity index (χ0n) is 11.7. The van der Waals surface area contributed by atoms with Crippen molar-refractivity contribution >= 4 is 17.7 Å². The van der Waals surface area contributed by atoms with Crippen LogP contribution in [0.15, 0.2) is 24.3 Å². The molecule has 0 bridgehead atoms. The number of hydrogen-bond acceptors (Lipinski definition) is 4. The number of imide groups is 1. The summed E-state index contributed by atoms with van der Waals surface area (Å²) >= 11 is 0. The van der Waals surface area contributed by atoms with Crippen molar-refractivity contribution in [1.82, 2.24) is 9.80 Å². The van der Waals surface area contributed by atoms with Crippen molar-refractivity contribution in [3.05, 3.63) is 35.4 Å². The highest BCUT2D eigenvalue weighted by Gasteiger charge is 2.37. The third-order valence-corrected chi connectivity index (χ3v) is 4.00. The summed E-state index contributed by atoms with van der Waals surface area (Å²) in [4.78, 5) is 39.2. The molecule has 0 aliphatic carbocycles. The molecule has 1 unspecified atom stereocenters. The smallest absolute Gasteiger partial charge is 0.261 e. The first-order valence-electron chi connectivity index (χ1n) is 6.90. The Labute approximate surface area is 122 Å². The predicted molar refractivity (Wildman–Crippen MR) is 73.8 cm³/mol. The van der Waals surface area contributed by atoms with E-state index in [-0.39, 0.29) is 24.3 Å². The molecule has 21 heavy (non-hydrogen) atoms. The van der Waals surface area contributed by atoms with Crippen LogP contribution >= 0.6 is 0 Å². The number of ether oxygens (including phenoxy) is 1. The van der Waals surface area contributed by atoms with Gasteiger partial charge in [-0.15, -0.1) is 0 Å². The lowest BCUT2D eigenvalue weighted by atomic mass is 10.1. The summed E-state index contributed by atoms with van der Waals surface area (Å²) in [5.74, 6) is -0.648. The van der Waals surface area contributed by atoms with Crippen LogP contribution in [0.1, 0.15) is 27.1 Å². The van der Waals surface area contributed by atoms with Gasteiger partial charge in [-0.05, 0) is 12.1 Å². The summed E-state index contributed by atoms with van der Waals surface area (Å²) in [7, 11) is 1.51. The van der Waals surface area contributed by atoms with Crippen molar-refractivity contribution in [1.29, 1.82) is 0 Å². The third kappa shape index (κ3) is 2.21. The van der Waals surface area contributed by atoms with Crippen LogP contribution in [0, 0.1) is 0 Å². The zero-order valence-corrected chi connectivity index (χ0v) is 11.7. The number of hydrogen-bond donors (Lipinski definition) is 0. The Balaban J connectivity index is 1.67. The van der Waals surface area contributed by atoms with Gasteiger partial charge in [-0.3, -0.25) is 19.3 Å². The molecule has 3 rings (SSSR count). The lowest BCUT2D eigenvalue weighted by molar-refractivity contribution is -0.135. The molecule has 0 N–H and O–H groups in total. The lowest BCUT2D eigenvalue weighted by Crippen LogP contribution is -2.40. The quantitative estimate of drug-likeness (QED) is 0.758. The Hall–Kier alpha value is -2.21. The van der Waals surface area contributed by atoms with Crippen LogP contribution in [0.2, 0.25) is 0 Å². The van der Waals surface area contributed by atoms with E-state index in [1.807, 2.05) is 0 Å². The number of nitrogens with zero attached hydrogens (tertiary/aromatic N) is 2. The number of methoxy groups -OCH3 is 1. The number of carbonyl (C=O) groups is 3. The van der Waals surface area contributed by atoms with Gasteiger partial charge >= 0.3 is 0 Å². The fraction of sp³-hybridized carbons (Fsp3) is 0.400. The molecule has 0 radical (unpaired) electrons. The molecule has 110 valence electrons. The Morgan fingerprint density at radius 3 is 2.24 bits per heavy atom. The van der Waals surface area contributed by atoms with Crippen LogP contribution in [-0.4, -0.2) is 60.4 Å². The van der Waals surface area contributed by atoms with Gasteiger partial charge in [0.2, 0.25) is 0 Å². The van der Waals surface area contributed by atoms with Gasteiger partial charge in [0.15, 0.2) is 0 Å². The van der Waals surface area contributed by atoms with Gasteiger partial charge in [0.1, 0.15) is 6.10 Å². The van der Waals surface area contributed by atoms with E-state index in [9.17, 15) is 14.4 Å². The van der Waals surface area contributed by atoms with Crippen molar-refractivity contribution < 1.29 is 19.1 Å². The van der Waals surface area contributed by atoms with Gasteiger partial charge in [0.25, 0.3) is 17.7 Å². The molecule has 6 heteroatoms. The van der Waals surface area contributed by atoms with Crippen molar-refractivity contribution in [3.8, 4) is 0 Å². The number of fused-ring (bicyclic) bond motifs is 1. The molecule has 1 saturated heterocycles. The highest BCUT2D eigenvalue weighted by atomic mass is 16.5. The molecule has 6 nitrogen and oxygen atoms in total. The van der Waals surface area contributed by atoms with Gasteiger partial charge < -0.3 is 9.64 Å². The molecule has 0 aromatic heterocycles. The van der Waals surface area contributed by atoms with E-state index in [4.69, 9.17) is 4.74 Å². The van der Waals surface area contributed by atoms with Crippen molar-refractivity contribution in [3.63, 3.8) is 0 Å². The molecule has 3 amide bonds. The predicted octanol–water partition coefficient (Wildman–Crippen LogP) is 0.530. The topological polar surface area (TPSA) is 66.9 Å². The van der Waals surface area contributed by atoms with Gasteiger partial charge in [-0.2, -0.15) is 0 Å². The maximum Gasteiger partial charge on any atom is 0.261 e. The molecule has 2 aliphatic heterocycles. The molecule has 1 aromatic rings. The average Bonchev–Trinajstić information content (AvgIpc) is 2.97. The molecule has 0 saturated carbocycles. The average molecular weight is 288 g/mol. The minimum Gasteiger partial charge on any atom is -0.372 e. The number of rotatable bonds is 4. The Morgan fingerprint density at radius 2 is 1.71 bits per heavy atom. The van der Waals surface area contributed by atoms with Crippen LogP contribution in [-0.2, 0) is 9.53 Å². The van der Waals surface area contributed by atoms with Crippen molar-refractivity contribution in [2.75, 3.05) is 26.7 Å². The minimum atomic E-state index is -0.396. The molecule has 0 spiro atoms. The molecule has 1 atom stereocenters. The number of benzene rings is 1. The molecule has 2 heterocycles. The maximum absolute atomic E-state index is 12.2. The van der Waals surface area contributed by atoms with Gasteiger partial charge in [0.05, 0.1) is 11.1 Å². The van der Waals surface area contributed by atoms with E-state index in [0.717, 1.165) is 0 Å². The summed E-state index contributed by atoms with van der Waals surface area (Å²) in [6.45, 7) is 1.17. The van der Waals surface area contributed by atoms with Gasteiger partial charge in [0, 0.05) is 33.2 Å². The second-order valence-corrected chi connectivity index (χ2v) is 5.15. The number of carbonyl (C=O) groups excluding carboxylic acids is 3. The monoisotopic (exact) mass is 288 g/mol. The molecule has 1 fully saturated rings. The molecular weight excluding hydrogens is 272 g/mol. The van der Waals surface area contributed by atoms with Crippen LogP contribution in [0.25, 0.3) is 0 Å². The summed E-state index contributed by atoms with van der Waals surface area (Å²) in [5, 5.41) is 0. The summed E-state index contributed by atoms with van der Waals surface area (Å²) in [6.07, 6.45) is 0.254. The van der Waals surface area contributed by atoms with Gasteiger partial charge in [-0.25, -0.2) is 0 Å². The van der Waals surface area contributed by atoms with Crippen LogP contribution in [0.5, 0.6) is 0 Å². The first-order valence-corrected chi connectivity index (χ1v) is 6.90. The second-order valence-electron chi connectivity index (χ2n) is 5.15. The summed E-state index contributed by atoms with van der Waals surface area (Å²) in [6, 6.07) is 6.77. The SMILES string of the molecule is COC1CCN(CCN2C(=O)c3ccccc3C2=O)C1=O. The van der Waals surface area contributed by atoms with Crippen LogP contribution < -0.4 is 0 Å². The number of amides is 3. The maximum atomic E-state index is 12.2. The molecule has 1 aromatic carbocycles. The first-order chi connectivity index (χ1) is 10.1. The van der Waals surface area contributed by atoms with Gasteiger partial charge in [-0.1, -0.05) is 12.1 Å². The van der Waals surface area contributed by atoms with E-state index >= 15 is 0 Å². The highest BCUT2D eigenvalue weighted by Crippen LogP contribution is 2.22. The third-order valence-electron chi connectivity index (χ3n) is 4.00. The van der Waals surface area contributed by atoms with E-state index in [0.29, 0.717) is 30.6 Å². The summed E-state index contributed by atoms with van der Waals surface area (Å²) < 4.78 is 5.08. The minimum absolute atomic E-state index is 0.0749. The van der Waals surface area contributed by atoms with E-state index in [1.165, 1.54) is 12.0 Å². The Bertz CT molecular complexity index is 578. The fourth-order valence-corrected chi connectivity index (χ4v) is 2.81. The fourth-order valence-electron chi connectivity index (χ4n) is 2.81. The van der Waals surface area contributed by atoms with E-state index < -0.39 is 6.10 Å². The van der Waals surface area contributed by atoms with E-state index in [1.54, 1.807) is 29.2 Å².